The van der Waals surface area contributed by atoms with Crippen LogP contribution in [0.4, 0.5) is 0 Å². The van der Waals surface area contributed by atoms with E-state index >= 15 is 0 Å². The van der Waals surface area contributed by atoms with Gasteiger partial charge in [-0.05, 0) is 50.4 Å². The topological polar surface area (TPSA) is 54.0 Å². The molecule has 6 saturated carbocycles. The lowest BCUT2D eigenvalue weighted by Crippen LogP contribution is -2.94. The minimum Gasteiger partial charge on any atom is -0.346 e. The molecule has 0 amide bonds. The summed E-state index contributed by atoms with van der Waals surface area (Å²) in [6.45, 7) is 6.98. The first-order chi connectivity index (χ1) is 10.3. The van der Waals surface area contributed by atoms with E-state index in [9.17, 15) is 4.79 Å². The van der Waals surface area contributed by atoms with Gasteiger partial charge in [-0.15, -0.1) is 0 Å². The maximum atomic E-state index is 12.7. The second kappa shape index (κ2) is 3.17. The quantitative estimate of drug-likeness (QED) is 0.422. The van der Waals surface area contributed by atoms with Crippen LogP contribution in [0.5, 0.6) is 0 Å². The predicted octanol–water partition coefficient (Wildman–Crippen LogP) is 1.89. The van der Waals surface area contributed by atoms with E-state index in [1.807, 2.05) is 20.8 Å². The highest BCUT2D eigenvalue weighted by molar-refractivity contribution is 9.10. The van der Waals surface area contributed by atoms with E-state index in [1.165, 1.54) is 0 Å². The van der Waals surface area contributed by atoms with E-state index < -0.39 is 11.4 Å². The fraction of sp³-hybridized carbons (Fsp3) is 0.938. The lowest BCUT2D eigenvalue weighted by atomic mass is 9.13. The van der Waals surface area contributed by atoms with Gasteiger partial charge in [0.15, 0.2) is 5.79 Å². The van der Waals surface area contributed by atoms with Crippen molar-refractivity contribution >= 4 is 21.9 Å². The van der Waals surface area contributed by atoms with Crippen LogP contribution in [-0.2, 0) is 24.0 Å². The molecule has 120 valence electrons. The number of halogens is 1. The Hall–Kier alpha value is -0.170. The van der Waals surface area contributed by atoms with E-state index in [2.05, 4.69) is 15.9 Å². The normalized spacial score (nSPS) is 60.2. The van der Waals surface area contributed by atoms with Gasteiger partial charge in [0.25, 0.3) is 0 Å². The van der Waals surface area contributed by atoms with Crippen molar-refractivity contribution in [3.63, 3.8) is 0 Å². The first-order valence-corrected chi connectivity index (χ1v) is 8.98. The SMILES string of the molecule is CC(C)(C)OOC(=O)C12C3[C@H]4[C@H]1C1[C@@H]2[C@H]3C4(Br)C12OCCO2. The maximum Gasteiger partial charge on any atom is 0.349 e. The number of alkyl halides is 1. The minimum absolute atomic E-state index is 0.0475. The molecule has 0 aromatic heterocycles. The number of hydrogen-bond donors (Lipinski definition) is 0. The molecule has 1 spiro atoms. The highest BCUT2D eigenvalue weighted by atomic mass is 79.9. The number of ether oxygens (including phenoxy) is 2. The van der Waals surface area contributed by atoms with Crippen LogP contribution >= 0.6 is 15.9 Å². The van der Waals surface area contributed by atoms with E-state index in [0.717, 1.165) is 0 Å². The maximum absolute atomic E-state index is 12.7. The molecule has 0 aromatic rings. The Kier molecular flexibility index (Phi) is 1.90. The van der Waals surface area contributed by atoms with Crippen molar-refractivity contribution < 1.29 is 24.0 Å². The van der Waals surface area contributed by atoms with E-state index in [-0.39, 0.29) is 15.7 Å². The van der Waals surface area contributed by atoms with Crippen molar-refractivity contribution in [2.75, 3.05) is 13.2 Å². The van der Waals surface area contributed by atoms with Crippen LogP contribution in [0, 0.1) is 40.9 Å². The van der Waals surface area contributed by atoms with E-state index in [0.29, 0.717) is 48.7 Å². The molecule has 6 heteroatoms. The van der Waals surface area contributed by atoms with E-state index in [4.69, 9.17) is 19.2 Å². The van der Waals surface area contributed by atoms with Crippen molar-refractivity contribution in [3.8, 4) is 0 Å². The van der Waals surface area contributed by atoms with Crippen LogP contribution in [0.3, 0.4) is 0 Å². The van der Waals surface area contributed by atoms with Gasteiger partial charge in [0.1, 0.15) is 5.60 Å². The third kappa shape index (κ3) is 0.871. The Morgan fingerprint density at radius 1 is 1.05 bits per heavy atom. The Labute approximate surface area is 137 Å². The molecule has 7 rings (SSSR count). The summed E-state index contributed by atoms with van der Waals surface area (Å²) in [4.78, 5) is 23.2. The van der Waals surface area contributed by atoms with Gasteiger partial charge in [-0.2, -0.15) is 4.89 Å². The number of carbonyl (C=O) groups is 1. The smallest absolute Gasteiger partial charge is 0.346 e. The molecule has 0 unspecified atom stereocenters. The predicted molar refractivity (Wildman–Crippen MR) is 76.6 cm³/mol. The molecule has 6 aliphatic carbocycles. The zero-order valence-electron chi connectivity index (χ0n) is 12.8. The summed E-state index contributed by atoms with van der Waals surface area (Å²) >= 11 is 3.98. The van der Waals surface area contributed by atoms with Gasteiger partial charge < -0.3 is 9.47 Å². The van der Waals surface area contributed by atoms with Gasteiger partial charge in [0, 0.05) is 5.92 Å². The lowest BCUT2D eigenvalue weighted by Gasteiger charge is -2.89. The first kappa shape index (κ1) is 13.2. The molecule has 1 aliphatic heterocycles. The molecule has 22 heavy (non-hydrogen) atoms. The van der Waals surface area contributed by atoms with Crippen molar-refractivity contribution in [2.24, 2.45) is 40.9 Å². The molecule has 0 radical (unpaired) electrons. The zero-order valence-corrected chi connectivity index (χ0v) is 14.4. The number of carbonyl (C=O) groups excluding carboxylic acids is 1. The molecule has 7 fully saturated rings. The Balaban J connectivity index is 1.32. The molecule has 2 bridgehead atoms. The van der Waals surface area contributed by atoms with Crippen LogP contribution in [0.2, 0.25) is 0 Å². The summed E-state index contributed by atoms with van der Waals surface area (Å²) < 4.78 is 12.1. The minimum atomic E-state index is -0.473. The van der Waals surface area contributed by atoms with Crippen LogP contribution in [0.15, 0.2) is 0 Å². The summed E-state index contributed by atoms with van der Waals surface area (Å²) in [5, 5.41) is 0. The third-order valence-electron chi connectivity index (χ3n) is 7.36. The van der Waals surface area contributed by atoms with Crippen molar-refractivity contribution in [2.45, 2.75) is 36.5 Å². The second-order valence-electron chi connectivity index (χ2n) is 8.79. The van der Waals surface area contributed by atoms with Gasteiger partial charge >= 0.3 is 5.97 Å². The Bertz CT molecular complexity index is 599. The summed E-state index contributed by atoms with van der Waals surface area (Å²) in [5.74, 6) is 1.88. The first-order valence-electron chi connectivity index (χ1n) is 8.19. The van der Waals surface area contributed by atoms with Gasteiger partial charge in [-0.3, -0.25) is 4.89 Å². The molecular formula is C16H19BrO5. The highest BCUT2D eigenvalue weighted by Gasteiger charge is 3.11. The monoisotopic (exact) mass is 370 g/mol. The van der Waals surface area contributed by atoms with Gasteiger partial charge in [-0.1, -0.05) is 15.9 Å². The Morgan fingerprint density at radius 3 is 2.14 bits per heavy atom. The molecule has 0 N–H and O–H groups in total. The fourth-order valence-electron chi connectivity index (χ4n) is 7.26. The molecular weight excluding hydrogens is 352 g/mol. The Morgan fingerprint density at radius 2 is 1.59 bits per heavy atom. The molecule has 4 atom stereocenters. The van der Waals surface area contributed by atoms with Crippen LogP contribution in [-0.4, -0.2) is 34.9 Å². The fourth-order valence-corrected chi connectivity index (χ4v) is 8.89. The van der Waals surface area contributed by atoms with Gasteiger partial charge in [0.2, 0.25) is 0 Å². The molecule has 1 saturated heterocycles. The number of hydrogen-bond acceptors (Lipinski definition) is 5. The summed E-state index contributed by atoms with van der Waals surface area (Å²) in [6.07, 6.45) is 0. The van der Waals surface area contributed by atoms with Gasteiger partial charge in [0.05, 0.1) is 23.0 Å². The average Bonchev–Trinajstić information content (AvgIpc) is 2.95. The van der Waals surface area contributed by atoms with Crippen LogP contribution < -0.4 is 0 Å². The largest absolute Gasteiger partial charge is 0.349 e. The number of rotatable bonds is 2. The standard InChI is InChI=1S/C16H19BrO5/c1-13(2,3)22-21-12(18)14-6-9-7(14)11-8(14)10(6)15(9,17)16(11)19-4-5-20-16/h6-11H,4-5H2,1-3H3/t6?,7-,8-,9-,10-,11?,14?,15?/m0/s1. The van der Waals surface area contributed by atoms with Crippen molar-refractivity contribution in [1.29, 1.82) is 0 Å². The molecule has 0 aromatic carbocycles. The summed E-state index contributed by atoms with van der Waals surface area (Å²) in [5.41, 5.74) is -0.763. The molecule has 5 nitrogen and oxygen atoms in total. The zero-order chi connectivity index (χ0) is 15.3. The van der Waals surface area contributed by atoms with Crippen molar-refractivity contribution in [3.05, 3.63) is 0 Å². The van der Waals surface area contributed by atoms with Crippen LogP contribution in [0.25, 0.3) is 0 Å². The average molecular weight is 371 g/mol. The van der Waals surface area contributed by atoms with Crippen molar-refractivity contribution in [1.82, 2.24) is 0 Å². The molecule has 7 aliphatic rings. The lowest BCUT2D eigenvalue weighted by molar-refractivity contribution is -0.440. The summed E-state index contributed by atoms with van der Waals surface area (Å²) in [6, 6.07) is 0. The highest BCUT2D eigenvalue weighted by Crippen LogP contribution is 3.04. The third-order valence-corrected chi connectivity index (χ3v) is 8.97. The van der Waals surface area contributed by atoms with Crippen LogP contribution in [0.1, 0.15) is 20.8 Å². The second-order valence-corrected chi connectivity index (χ2v) is 10.1. The summed E-state index contributed by atoms with van der Waals surface area (Å²) in [7, 11) is 0. The molecule has 1 heterocycles. The van der Waals surface area contributed by atoms with E-state index in [1.54, 1.807) is 0 Å². The van der Waals surface area contributed by atoms with Gasteiger partial charge in [-0.25, -0.2) is 4.79 Å².